The van der Waals surface area contributed by atoms with Crippen LogP contribution in [0.15, 0.2) is 52.3 Å². The summed E-state index contributed by atoms with van der Waals surface area (Å²) in [7, 11) is 0.600. The van der Waals surface area contributed by atoms with Gasteiger partial charge >= 0.3 is 20.4 Å². The molecule has 182 valence electrons. The van der Waals surface area contributed by atoms with Crippen molar-refractivity contribution in [1.29, 1.82) is 0 Å². The number of alkyl halides is 3. The standard InChI is InChI=1S/C20H14ClF3N6O3S2/c21-34-8-2-5-14(34)35(32,33)29-18(31)11-3-1-4-13(9-11)30-10-25-15-16(26-12-6-7-12)27-19(20(22,23)24)28-17(15)30/h1-5,8-10,12H,6-7H2,(H-,26,27,28,29,31)/p+1. The second kappa shape index (κ2) is 8.46. The van der Waals surface area contributed by atoms with Crippen LogP contribution in [-0.4, -0.2) is 39.9 Å². The average molecular weight is 544 g/mol. The van der Waals surface area contributed by atoms with E-state index in [0.29, 0.717) is 0 Å². The Morgan fingerprint density at radius 3 is 2.60 bits per heavy atom. The minimum absolute atomic E-state index is 0.0201. The molecule has 1 aliphatic rings. The molecule has 0 saturated heterocycles. The highest BCUT2D eigenvalue weighted by molar-refractivity contribution is 7.94. The lowest BCUT2D eigenvalue weighted by Gasteiger charge is -2.11. The number of halogens is 4. The Bertz CT molecular complexity index is 1560. The summed E-state index contributed by atoms with van der Waals surface area (Å²) in [6.07, 6.45) is -1.90. The number of nitrogens with zero attached hydrogens (tertiary/aromatic N) is 4. The lowest BCUT2D eigenvalue weighted by atomic mass is 10.2. The zero-order valence-electron chi connectivity index (χ0n) is 17.5. The molecule has 1 aromatic carbocycles. The Morgan fingerprint density at radius 2 is 1.94 bits per heavy atom. The fourth-order valence-electron chi connectivity index (χ4n) is 3.28. The molecule has 9 nitrogen and oxygen atoms in total. The van der Waals surface area contributed by atoms with Crippen LogP contribution >= 0.6 is 20.4 Å². The monoisotopic (exact) mass is 543 g/mol. The van der Waals surface area contributed by atoms with Gasteiger partial charge in [-0.15, -0.1) is 0 Å². The van der Waals surface area contributed by atoms with Crippen LogP contribution in [0.2, 0.25) is 0 Å². The van der Waals surface area contributed by atoms with Gasteiger partial charge in [-0.05, 0) is 37.1 Å². The van der Waals surface area contributed by atoms with Gasteiger partial charge < -0.3 is 5.32 Å². The van der Waals surface area contributed by atoms with Crippen molar-refractivity contribution >= 4 is 53.3 Å². The number of rotatable bonds is 6. The minimum atomic E-state index is -4.79. The van der Waals surface area contributed by atoms with E-state index < -0.39 is 37.6 Å². The molecule has 0 radical (unpaired) electrons. The Labute approximate surface area is 203 Å². The van der Waals surface area contributed by atoms with Crippen LogP contribution in [0.3, 0.4) is 0 Å². The summed E-state index contributed by atoms with van der Waals surface area (Å²) in [5.74, 6) is -2.29. The molecule has 1 aliphatic carbocycles. The number of carbonyl (C=O) groups excluding carboxylic acids is 1. The van der Waals surface area contributed by atoms with Gasteiger partial charge in [0.05, 0.1) is 0 Å². The van der Waals surface area contributed by atoms with Crippen molar-refractivity contribution in [2.75, 3.05) is 5.32 Å². The van der Waals surface area contributed by atoms with E-state index in [-0.39, 0.29) is 38.5 Å². The summed E-state index contributed by atoms with van der Waals surface area (Å²) in [5.41, 5.74) is 0.224. The number of thiophene rings is 1. The first-order chi connectivity index (χ1) is 16.5. The predicted octanol–water partition coefficient (Wildman–Crippen LogP) is 4.28. The lowest BCUT2D eigenvalue weighted by molar-refractivity contribution is -0.144. The van der Waals surface area contributed by atoms with Gasteiger partial charge in [0.2, 0.25) is 16.5 Å². The molecule has 1 fully saturated rings. The molecular formula is C20H15ClF3N6O3S2+. The van der Waals surface area contributed by atoms with E-state index in [2.05, 4.69) is 20.3 Å². The van der Waals surface area contributed by atoms with E-state index >= 15 is 0 Å². The van der Waals surface area contributed by atoms with Crippen LogP contribution < -0.4 is 10.0 Å². The quantitative estimate of drug-likeness (QED) is 0.348. The van der Waals surface area contributed by atoms with Crippen molar-refractivity contribution in [2.24, 2.45) is 0 Å². The highest BCUT2D eigenvalue weighted by Crippen LogP contribution is 2.34. The molecule has 1 atom stereocenters. The average Bonchev–Trinajstić information content (AvgIpc) is 3.31. The molecule has 5 rings (SSSR count). The highest BCUT2D eigenvalue weighted by Gasteiger charge is 2.37. The molecule has 0 aliphatic heterocycles. The summed E-state index contributed by atoms with van der Waals surface area (Å²) in [5, 5.41) is 4.42. The number of anilines is 1. The summed E-state index contributed by atoms with van der Waals surface area (Å²) in [4.78, 5) is 24.1. The number of benzene rings is 1. The van der Waals surface area contributed by atoms with Gasteiger partial charge in [0.15, 0.2) is 22.4 Å². The van der Waals surface area contributed by atoms with Gasteiger partial charge in [-0.2, -0.15) is 21.6 Å². The van der Waals surface area contributed by atoms with Gasteiger partial charge in [-0.1, -0.05) is 6.07 Å². The maximum absolute atomic E-state index is 13.5. The van der Waals surface area contributed by atoms with E-state index in [9.17, 15) is 26.4 Å². The number of hydrogen-bond acceptors (Lipinski definition) is 7. The molecule has 3 aromatic heterocycles. The van der Waals surface area contributed by atoms with E-state index in [4.69, 9.17) is 10.7 Å². The third kappa shape index (κ3) is 4.68. The molecule has 3 heterocycles. The molecule has 0 bridgehead atoms. The molecular weight excluding hydrogens is 529 g/mol. The van der Waals surface area contributed by atoms with E-state index in [1.54, 1.807) is 0 Å². The first kappa shape index (κ1) is 23.5. The molecule has 0 spiro atoms. The maximum atomic E-state index is 13.5. The smallest absolute Gasteiger partial charge is 0.365 e. The number of imidazole rings is 1. The van der Waals surface area contributed by atoms with E-state index in [1.165, 1.54) is 52.7 Å². The molecule has 1 saturated carbocycles. The van der Waals surface area contributed by atoms with E-state index in [1.807, 2.05) is 4.72 Å². The largest absolute Gasteiger partial charge is 0.451 e. The molecule has 15 heteroatoms. The first-order valence-corrected chi connectivity index (χ1v) is 13.7. The second-order valence-corrected chi connectivity index (χ2v) is 11.9. The Kier molecular flexibility index (Phi) is 5.68. The summed E-state index contributed by atoms with van der Waals surface area (Å²) in [6, 6.07) is 8.46. The zero-order valence-corrected chi connectivity index (χ0v) is 19.8. The Balaban J connectivity index is 1.52. The molecule has 2 N–H and O–H groups in total. The highest BCUT2D eigenvalue weighted by atomic mass is 35.7. The van der Waals surface area contributed by atoms with Crippen molar-refractivity contribution in [1.82, 2.24) is 24.2 Å². The number of fused-ring (bicyclic) bond motifs is 1. The number of amides is 1. The molecule has 1 unspecified atom stereocenters. The van der Waals surface area contributed by atoms with Crippen LogP contribution in [0.25, 0.3) is 16.9 Å². The Morgan fingerprint density at radius 1 is 1.17 bits per heavy atom. The van der Waals surface area contributed by atoms with Gasteiger partial charge in [0, 0.05) is 23.4 Å². The van der Waals surface area contributed by atoms with Crippen molar-refractivity contribution < 1.29 is 26.4 Å². The van der Waals surface area contributed by atoms with Gasteiger partial charge in [-0.25, -0.2) is 19.7 Å². The third-order valence-electron chi connectivity index (χ3n) is 5.07. The summed E-state index contributed by atoms with van der Waals surface area (Å²) in [6.45, 7) is 0. The maximum Gasteiger partial charge on any atom is 0.451 e. The second-order valence-electron chi connectivity index (χ2n) is 7.68. The summed E-state index contributed by atoms with van der Waals surface area (Å²) >= 11 is 0. The number of carbonyl (C=O) groups is 1. The topological polar surface area (TPSA) is 119 Å². The lowest BCUT2D eigenvalue weighted by Crippen LogP contribution is -2.30. The molecule has 4 aromatic rings. The number of hydrogen-bond donors (Lipinski definition) is 2. The first-order valence-electron chi connectivity index (χ1n) is 10.1. The Hall–Kier alpha value is -3.23. The third-order valence-corrected chi connectivity index (χ3v) is 9.38. The van der Waals surface area contributed by atoms with Crippen molar-refractivity contribution in [3.05, 3.63) is 59.5 Å². The number of sulfonamides is 1. The van der Waals surface area contributed by atoms with Gasteiger partial charge in [0.1, 0.15) is 16.0 Å². The van der Waals surface area contributed by atoms with Crippen molar-refractivity contribution in [3.63, 3.8) is 0 Å². The van der Waals surface area contributed by atoms with Gasteiger partial charge in [-0.3, -0.25) is 9.36 Å². The zero-order chi connectivity index (χ0) is 25.0. The SMILES string of the molecule is O=C(NS(=O)(=O)c1ccc[s+]1Cl)c1cccc(-n2cnc3c(NC4CC4)nc(C(F)(F)F)nc32)c1. The molecule has 1 amide bonds. The van der Waals surface area contributed by atoms with Crippen molar-refractivity contribution in [3.8, 4) is 5.69 Å². The summed E-state index contributed by atoms with van der Waals surface area (Å²) < 4.78 is 68.5. The minimum Gasteiger partial charge on any atom is -0.365 e. The van der Waals surface area contributed by atoms with E-state index in [0.717, 1.165) is 12.8 Å². The number of aromatic nitrogens is 4. The molecule has 35 heavy (non-hydrogen) atoms. The van der Waals surface area contributed by atoms with Crippen molar-refractivity contribution in [2.45, 2.75) is 29.3 Å². The van der Waals surface area contributed by atoms with Crippen LogP contribution in [0.4, 0.5) is 19.0 Å². The van der Waals surface area contributed by atoms with Crippen LogP contribution in [-0.2, 0) is 16.2 Å². The number of nitrogens with one attached hydrogen (secondary N) is 2. The van der Waals surface area contributed by atoms with Gasteiger partial charge in [0.25, 0.3) is 5.91 Å². The van der Waals surface area contributed by atoms with Crippen LogP contribution in [0.5, 0.6) is 0 Å². The predicted molar refractivity (Wildman–Crippen MR) is 123 cm³/mol. The van der Waals surface area contributed by atoms with Crippen LogP contribution in [0.1, 0.15) is 29.0 Å². The normalized spacial score (nSPS) is 14.8. The fraction of sp³-hybridized carbons (Fsp3) is 0.200. The fourth-order valence-corrected chi connectivity index (χ4v) is 6.77. The van der Waals surface area contributed by atoms with Crippen LogP contribution in [0, 0.1) is 0 Å².